The number of rotatable bonds is 6. The second kappa shape index (κ2) is 8.00. The van der Waals surface area contributed by atoms with E-state index in [9.17, 15) is 24.1 Å². The van der Waals surface area contributed by atoms with Crippen molar-refractivity contribution in [3.05, 3.63) is 70.0 Å². The van der Waals surface area contributed by atoms with Gasteiger partial charge in [0.1, 0.15) is 0 Å². The Kier molecular flexibility index (Phi) is 5.78. The second-order valence-electron chi connectivity index (χ2n) is 5.34. The maximum atomic E-state index is 13.3. The molecule has 8 heteroatoms. The van der Waals surface area contributed by atoms with Gasteiger partial charge in [0.05, 0.1) is 17.4 Å². The first-order valence-corrected chi connectivity index (χ1v) is 7.42. The molecular formula is C17H16FN3O4. The summed E-state index contributed by atoms with van der Waals surface area (Å²) in [5.41, 5.74) is 0.130. The first-order valence-electron chi connectivity index (χ1n) is 7.42. The summed E-state index contributed by atoms with van der Waals surface area (Å²) in [4.78, 5) is 33.5. The molecule has 2 rings (SSSR count). The van der Waals surface area contributed by atoms with Crippen LogP contribution in [0.5, 0.6) is 0 Å². The van der Waals surface area contributed by atoms with Gasteiger partial charge in [-0.2, -0.15) is 4.39 Å². The number of anilines is 1. The summed E-state index contributed by atoms with van der Waals surface area (Å²) in [5, 5.41) is 15.9. The van der Waals surface area contributed by atoms with Crippen LogP contribution in [0.4, 0.5) is 15.8 Å². The molecule has 0 spiro atoms. The zero-order valence-electron chi connectivity index (χ0n) is 13.4. The number of benzene rings is 2. The molecule has 0 aliphatic carbocycles. The van der Waals surface area contributed by atoms with Crippen molar-refractivity contribution >= 4 is 23.2 Å². The molecule has 1 unspecified atom stereocenters. The number of nitrogens with zero attached hydrogens (tertiary/aromatic N) is 1. The van der Waals surface area contributed by atoms with E-state index in [-0.39, 0.29) is 18.0 Å². The molecule has 0 aromatic heterocycles. The molecule has 0 saturated carbocycles. The summed E-state index contributed by atoms with van der Waals surface area (Å²) < 4.78 is 13.3. The van der Waals surface area contributed by atoms with Crippen LogP contribution in [0.1, 0.15) is 24.9 Å². The third-order valence-electron chi connectivity index (χ3n) is 3.40. The van der Waals surface area contributed by atoms with Crippen molar-refractivity contribution in [2.24, 2.45) is 0 Å². The Labute approximate surface area is 143 Å². The summed E-state index contributed by atoms with van der Waals surface area (Å²) in [5.74, 6) is -1.74. The smallest absolute Gasteiger partial charge is 0.306 e. The average molecular weight is 345 g/mol. The maximum absolute atomic E-state index is 13.3. The van der Waals surface area contributed by atoms with E-state index in [4.69, 9.17) is 0 Å². The van der Waals surface area contributed by atoms with Crippen LogP contribution in [0.3, 0.4) is 0 Å². The van der Waals surface area contributed by atoms with Crippen LogP contribution in [-0.2, 0) is 9.59 Å². The molecule has 0 aliphatic rings. The van der Waals surface area contributed by atoms with E-state index < -0.39 is 28.4 Å². The SMILES string of the molecule is CC(=O)NC(CC(=O)Nc1ccc(F)c([N+](=O)[O-])c1)c1ccccc1. The van der Waals surface area contributed by atoms with Gasteiger partial charge in [0.25, 0.3) is 0 Å². The Hall–Kier alpha value is -3.29. The predicted octanol–water partition coefficient (Wildman–Crippen LogP) is 2.94. The van der Waals surface area contributed by atoms with Gasteiger partial charge in [0.15, 0.2) is 0 Å². The van der Waals surface area contributed by atoms with E-state index in [1.807, 2.05) is 6.07 Å². The minimum absolute atomic E-state index is 0.0746. The predicted molar refractivity (Wildman–Crippen MR) is 89.3 cm³/mol. The topological polar surface area (TPSA) is 101 Å². The maximum Gasteiger partial charge on any atom is 0.306 e. The van der Waals surface area contributed by atoms with Crippen molar-refractivity contribution in [3.8, 4) is 0 Å². The molecule has 1 atom stereocenters. The molecule has 7 nitrogen and oxygen atoms in total. The minimum atomic E-state index is -0.983. The lowest BCUT2D eigenvalue weighted by atomic mass is 10.0. The molecule has 25 heavy (non-hydrogen) atoms. The van der Waals surface area contributed by atoms with Gasteiger partial charge < -0.3 is 10.6 Å². The molecule has 0 fully saturated rings. The van der Waals surface area contributed by atoms with Gasteiger partial charge in [0, 0.05) is 18.7 Å². The van der Waals surface area contributed by atoms with Crippen LogP contribution in [0, 0.1) is 15.9 Å². The molecule has 0 radical (unpaired) electrons. The summed E-state index contributed by atoms with van der Waals surface area (Å²) in [6.07, 6.45) is -0.0746. The monoisotopic (exact) mass is 345 g/mol. The molecule has 0 heterocycles. The third kappa shape index (κ3) is 5.10. The van der Waals surface area contributed by atoms with Crippen molar-refractivity contribution in [2.45, 2.75) is 19.4 Å². The zero-order valence-corrected chi connectivity index (χ0v) is 13.4. The van der Waals surface area contributed by atoms with Gasteiger partial charge >= 0.3 is 5.69 Å². The molecule has 0 bridgehead atoms. The number of carbonyl (C=O) groups is 2. The number of nitro groups is 1. The standard InChI is InChI=1S/C17H16FN3O4/c1-11(22)19-15(12-5-3-2-4-6-12)10-17(23)20-13-7-8-14(18)16(9-13)21(24)25/h2-9,15H,10H2,1H3,(H,19,22)(H,20,23). The Bertz CT molecular complexity index is 796. The van der Waals surface area contributed by atoms with E-state index in [0.29, 0.717) is 0 Å². The highest BCUT2D eigenvalue weighted by atomic mass is 19.1. The fraction of sp³-hybridized carbons (Fsp3) is 0.176. The summed E-state index contributed by atoms with van der Waals surface area (Å²) >= 11 is 0. The fourth-order valence-corrected chi connectivity index (χ4v) is 2.31. The average Bonchev–Trinajstić information content (AvgIpc) is 2.56. The van der Waals surface area contributed by atoms with Crippen molar-refractivity contribution in [3.63, 3.8) is 0 Å². The van der Waals surface area contributed by atoms with Gasteiger partial charge in [-0.1, -0.05) is 30.3 Å². The highest BCUT2D eigenvalue weighted by molar-refractivity contribution is 5.92. The number of halogens is 1. The van der Waals surface area contributed by atoms with E-state index in [1.54, 1.807) is 24.3 Å². The Morgan fingerprint density at radius 1 is 1.20 bits per heavy atom. The minimum Gasteiger partial charge on any atom is -0.349 e. The van der Waals surface area contributed by atoms with E-state index >= 15 is 0 Å². The highest BCUT2D eigenvalue weighted by Gasteiger charge is 2.19. The normalized spacial score (nSPS) is 11.4. The zero-order chi connectivity index (χ0) is 18.4. The van der Waals surface area contributed by atoms with Gasteiger partial charge in [-0.25, -0.2) is 0 Å². The molecule has 130 valence electrons. The number of amides is 2. The summed E-state index contributed by atoms with van der Waals surface area (Å²) in [7, 11) is 0. The van der Waals surface area contributed by atoms with Crippen LogP contribution in [-0.4, -0.2) is 16.7 Å². The van der Waals surface area contributed by atoms with E-state index in [0.717, 1.165) is 17.7 Å². The van der Waals surface area contributed by atoms with E-state index in [1.165, 1.54) is 13.0 Å². The Morgan fingerprint density at radius 2 is 1.88 bits per heavy atom. The molecule has 2 N–H and O–H groups in total. The fourth-order valence-electron chi connectivity index (χ4n) is 2.31. The van der Waals surface area contributed by atoms with Crippen LogP contribution >= 0.6 is 0 Å². The summed E-state index contributed by atoms with van der Waals surface area (Å²) in [6, 6.07) is 11.5. The molecule has 2 aromatic carbocycles. The quantitative estimate of drug-likeness (QED) is 0.621. The second-order valence-corrected chi connectivity index (χ2v) is 5.34. The van der Waals surface area contributed by atoms with Crippen molar-refractivity contribution < 1.29 is 18.9 Å². The van der Waals surface area contributed by atoms with Crippen molar-refractivity contribution in [2.75, 3.05) is 5.32 Å². The molecule has 2 aromatic rings. The first-order chi connectivity index (χ1) is 11.9. The van der Waals surface area contributed by atoms with Gasteiger partial charge in [-0.05, 0) is 17.7 Å². The number of hydrogen-bond donors (Lipinski definition) is 2. The first kappa shape index (κ1) is 18.1. The van der Waals surface area contributed by atoms with Crippen LogP contribution in [0.15, 0.2) is 48.5 Å². The van der Waals surface area contributed by atoms with Gasteiger partial charge in [0.2, 0.25) is 17.6 Å². The summed E-state index contributed by atoms with van der Waals surface area (Å²) in [6.45, 7) is 1.34. The van der Waals surface area contributed by atoms with Crippen LogP contribution in [0.25, 0.3) is 0 Å². The number of carbonyl (C=O) groups excluding carboxylic acids is 2. The third-order valence-corrected chi connectivity index (χ3v) is 3.40. The molecule has 0 saturated heterocycles. The lowest BCUT2D eigenvalue weighted by molar-refractivity contribution is -0.387. The van der Waals surface area contributed by atoms with Crippen molar-refractivity contribution in [1.29, 1.82) is 0 Å². The van der Waals surface area contributed by atoms with Gasteiger partial charge in [-0.15, -0.1) is 0 Å². The Balaban J connectivity index is 2.12. The lowest BCUT2D eigenvalue weighted by Gasteiger charge is -2.18. The Morgan fingerprint density at radius 3 is 2.48 bits per heavy atom. The number of hydrogen-bond acceptors (Lipinski definition) is 4. The van der Waals surface area contributed by atoms with Gasteiger partial charge in [-0.3, -0.25) is 19.7 Å². The molecule has 0 aliphatic heterocycles. The van der Waals surface area contributed by atoms with Crippen LogP contribution < -0.4 is 10.6 Å². The van der Waals surface area contributed by atoms with Crippen molar-refractivity contribution in [1.82, 2.24) is 5.32 Å². The largest absolute Gasteiger partial charge is 0.349 e. The molecule has 2 amide bonds. The highest BCUT2D eigenvalue weighted by Crippen LogP contribution is 2.23. The van der Waals surface area contributed by atoms with E-state index in [2.05, 4.69) is 10.6 Å². The molecular weight excluding hydrogens is 329 g/mol. The lowest BCUT2D eigenvalue weighted by Crippen LogP contribution is -2.29. The number of nitro benzene ring substituents is 1. The van der Waals surface area contributed by atoms with Crippen LogP contribution in [0.2, 0.25) is 0 Å². The number of nitrogens with one attached hydrogen (secondary N) is 2.